The highest BCUT2D eigenvalue weighted by Gasteiger charge is 2.08. The molecule has 28 heavy (non-hydrogen) atoms. The molecule has 0 unspecified atom stereocenters. The monoisotopic (exact) mass is 381 g/mol. The van der Waals surface area contributed by atoms with Gasteiger partial charge in [-0.2, -0.15) is 5.10 Å². The number of para-hydroxylation sites is 2. The molecule has 0 aliphatic heterocycles. The summed E-state index contributed by atoms with van der Waals surface area (Å²) < 4.78 is 21.5. The van der Waals surface area contributed by atoms with Gasteiger partial charge in [0.05, 0.1) is 0 Å². The van der Waals surface area contributed by atoms with Crippen molar-refractivity contribution in [3.8, 4) is 11.5 Å². The standard InChI is InChI=1S/C21H24FN5O/c1-23-21(24-12-6-14-27-15-7-13-26-27)25-16-17-8-2-4-10-19(17)28-20-11-5-3-9-18(20)22/h2-5,7-11,13,15H,6,12,14,16H2,1H3,(H2,23,24,25). The van der Waals surface area contributed by atoms with Gasteiger partial charge in [0.2, 0.25) is 0 Å². The summed E-state index contributed by atoms with van der Waals surface area (Å²) in [7, 11) is 1.73. The average molecular weight is 381 g/mol. The van der Waals surface area contributed by atoms with Crippen LogP contribution in [0.15, 0.2) is 72.0 Å². The minimum atomic E-state index is -0.389. The van der Waals surface area contributed by atoms with Crippen LogP contribution in [-0.2, 0) is 13.1 Å². The summed E-state index contributed by atoms with van der Waals surface area (Å²) in [5.41, 5.74) is 0.908. The Morgan fingerprint density at radius 3 is 2.61 bits per heavy atom. The number of guanidine groups is 1. The third-order valence-corrected chi connectivity index (χ3v) is 4.11. The third-order valence-electron chi connectivity index (χ3n) is 4.11. The first-order valence-electron chi connectivity index (χ1n) is 9.18. The van der Waals surface area contributed by atoms with Gasteiger partial charge in [0.15, 0.2) is 17.5 Å². The van der Waals surface area contributed by atoms with Crippen LogP contribution in [0.2, 0.25) is 0 Å². The SMILES string of the molecule is CN=C(NCCCn1cccn1)NCc1ccccc1Oc1ccccc1F. The Labute approximate surface area is 164 Å². The van der Waals surface area contributed by atoms with Crippen LogP contribution in [0.1, 0.15) is 12.0 Å². The van der Waals surface area contributed by atoms with Crippen LogP contribution >= 0.6 is 0 Å². The summed E-state index contributed by atoms with van der Waals surface area (Å²) in [5.74, 6) is 1.12. The summed E-state index contributed by atoms with van der Waals surface area (Å²) >= 11 is 0. The van der Waals surface area contributed by atoms with E-state index in [-0.39, 0.29) is 11.6 Å². The van der Waals surface area contributed by atoms with Crippen molar-refractivity contribution in [1.82, 2.24) is 20.4 Å². The highest BCUT2D eigenvalue weighted by Crippen LogP contribution is 2.27. The lowest BCUT2D eigenvalue weighted by Crippen LogP contribution is -2.37. The van der Waals surface area contributed by atoms with Gasteiger partial charge in [-0.05, 0) is 30.7 Å². The van der Waals surface area contributed by atoms with Crippen LogP contribution in [0.5, 0.6) is 11.5 Å². The molecule has 2 aromatic carbocycles. The molecule has 0 bridgehead atoms. The number of halogens is 1. The van der Waals surface area contributed by atoms with Crippen molar-refractivity contribution < 1.29 is 9.13 Å². The summed E-state index contributed by atoms with van der Waals surface area (Å²) in [6.07, 6.45) is 4.64. The largest absolute Gasteiger partial charge is 0.454 e. The molecule has 0 atom stereocenters. The molecule has 7 heteroatoms. The molecule has 146 valence electrons. The molecule has 2 N–H and O–H groups in total. The summed E-state index contributed by atoms with van der Waals surface area (Å²) in [4.78, 5) is 4.24. The lowest BCUT2D eigenvalue weighted by atomic mass is 10.2. The number of hydrogen-bond acceptors (Lipinski definition) is 3. The van der Waals surface area contributed by atoms with Gasteiger partial charge >= 0.3 is 0 Å². The molecular formula is C21H24FN5O. The number of benzene rings is 2. The molecular weight excluding hydrogens is 357 g/mol. The van der Waals surface area contributed by atoms with Gasteiger partial charge in [-0.3, -0.25) is 9.67 Å². The fourth-order valence-electron chi connectivity index (χ4n) is 2.68. The number of aryl methyl sites for hydroxylation is 1. The summed E-state index contributed by atoms with van der Waals surface area (Å²) in [6, 6.07) is 15.8. The van der Waals surface area contributed by atoms with Gasteiger partial charge in [-0.1, -0.05) is 30.3 Å². The second-order valence-electron chi connectivity index (χ2n) is 6.12. The van der Waals surface area contributed by atoms with Crippen molar-refractivity contribution in [1.29, 1.82) is 0 Å². The van der Waals surface area contributed by atoms with Gasteiger partial charge in [0.1, 0.15) is 5.75 Å². The van der Waals surface area contributed by atoms with Gasteiger partial charge < -0.3 is 15.4 Å². The van der Waals surface area contributed by atoms with Crippen LogP contribution in [0.25, 0.3) is 0 Å². The van der Waals surface area contributed by atoms with Crippen LogP contribution in [0.3, 0.4) is 0 Å². The highest BCUT2D eigenvalue weighted by molar-refractivity contribution is 5.79. The molecule has 0 amide bonds. The maximum atomic E-state index is 13.9. The molecule has 3 aromatic rings. The predicted octanol–water partition coefficient (Wildman–Crippen LogP) is 3.57. The minimum absolute atomic E-state index is 0.205. The quantitative estimate of drug-likeness (QED) is 0.356. The van der Waals surface area contributed by atoms with Crippen LogP contribution in [0.4, 0.5) is 4.39 Å². The molecule has 0 fully saturated rings. The van der Waals surface area contributed by atoms with Crippen molar-refractivity contribution >= 4 is 5.96 Å². The summed E-state index contributed by atoms with van der Waals surface area (Å²) in [5, 5.41) is 10.7. The lowest BCUT2D eigenvalue weighted by molar-refractivity contribution is 0.437. The van der Waals surface area contributed by atoms with Crippen molar-refractivity contribution in [2.24, 2.45) is 4.99 Å². The number of nitrogens with one attached hydrogen (secondary N) is 2. The first-order valence-corrected chi connectivity index (χ1v) is 9.18. The second-order valence-corrected chi connectivity index (χ2v) is 6.12. The lowest BCUT2D eigenvalue weighted by Gasteiger charge is -2.15. The van der Waals surface area contributed by atoms with Crippen molar-refractivity contribution in [3.63, 3.8) is 0 Å². The van der Waals surface area contributed by atoms with Crippen molar-refractivity contribution in [3.05, 3.63) is 78.4 Å². The van der Waals surface area contributed by atoms with Crippen molar-refractivity contribution in [2.45, 2.75) is 19.5 Å². The van der Waals surface area contributed by atoms with Crippen molar-refractivity contribution in [2.75, 3.05) is 13.6 Å². The van der Waals surface area contributed by atoms with Gasteiger partial charge in [0, 0.05) is 44.6 Å². The van der Waals surface area contributed by atoms with E-state index in [9.17, 15) is 4.39 Å². The van der Waals surface area contributed by atoms with Gasteiger partial charge in [-0.25, -0.2) is 4.39 Å². The molecule has 1 heterocycles. The van der Waals surface area contributed by atoms with E-state index in [1.165, 1.54) is 6.07 Å². The third kappa shape index (κ3) is 5.57. The maximum Gasteiger partial charge on any atom is 0.191 e. The summed E-state index contributed by atoms with van der Waals surface area (Å²) in [6.45, 7) is 2.12. The zero-order valence-corrected chi connectivity index (χ0v) is 15.8. The topological polar surface area (TPSA) is 63.5 Å². The van der Waals surface area contributed by atoms with E-state index in [4.69, 9.17) is 4.74 Å². The van der Waals surface area contributed by atoms with E-state index >= 15 is 0 Å². The molecule has 3 rings (SSSR count). The van der Waals surface area contributed by atoms with E-state index in [0.29, 0.717) is 18.3 Å². The molecule has 0 aliphatic carbocycles. The van der Waals surface area contributed by atoms with E-state index in [2.05, 4.69) is 20.7 Å². The Kier molecular flexibility index (Phi) is 7.01. The molecule has 6 nitrogen and oxygen atoms in total. The average Bonchev–Trinajstić information content (AvgIpc) is 3.24. The molecule has 0 spiro atoms. The number of nitrogens with zero attached hydrogens (tertiary/aromatic N) is 3. The van der Waals surface area contributed by atoms with Crippen LogP contribution < -0.4 is 15.4 Å². The fourth-order valence-corrected chi connectivity index (χ4v) is 2.68. The predicted molar refractivity (Wildman–Crippen MR) is 108 cm³/mol. The minimum Gasteiger partial charge on any atom is -0.454 e. The van der Waals surface area contributed by atoms with Crippen LogP contribution in [0, 0.1) is 5.82 Å². The van der Waals surface area contributed by atoms with Crippen LogP contribution in [-0.4, -0.2) is 29.3 Å². The first kappa shape index (κ1) is 19.4. The molecule has 0 saturated heterocycles. The number of hydrogen-bond donors (Lipinski definition) is 2. The molecule has 0 radical (unpaired) electrons. The number of rotatable bonds is 8. The zero-order valence-electron chi connectivity index (χ0n) is 15.8. The Bertz CT molecular complexity index is 895. The van der Waals surface area contributed by atoms with E-state index in [1.807, 2.05) is 41.2 Å². The maximum absolute atomic E-state index is 13.9. The Balaban J connectivity index is 1.52. The Hall–Kier alpha value is -3.35. The van der Waals surface area contributed by atoms with E-state index in [0.717, 1.165) is 25.1 Å². The van der Waals surface area contributed by atoms with Gasteiger partial charge in [-0.15, -0.1) is 0 Å². The number of ether oxygens (including phenoxy) is 1. The van der Waals surface area contributed by atoms with Gasteiger partial charge in [0.25, 0.3) is 0 Å². The van der Waals surface area contributed by atoms with E-state index in [1.54, 1.807) is 31.4 Å². The first-order chi connectivity index (χ1) is 13.8. The molecule has 0 saturated carbocycles. The number of aromatic nitrogens is 2. The Morgan fingerprint density at radius 2 is 1.86 bits per heavy atom. The molecule has 0 aliphatic rings. The zero-order chi connectivity index (χ0) is 19.6. The smallest absolute Gasteiger partial charge is 0.191 e. The van der Waals surface area contributed by atoms with E-state index < -0.39 is 0 Å². The highest BCUT2D eigenvalue weighted by atomic mass is 19.1. The normalized spacial score (nSPS) is 11.3. The second kappa shape index (κ2) is 10.1. The fraction of sp³-hybridized carbons (Fsp3) is 0.238. The Morgan fingerprint density at radius 1 is 1.07 bits per heavy atom. The number of aliphatic imine (C=N–C) groups is 1. The molecule has 1 aromatic heterocycles.